The van der Waals surface area contributed by atoms with E-state index in [0.717, 1.165) is 23.1 Å². The van der Waals surface area contributed by atoms with E-state index < -0.39 is 30.4 Å². The molecule has 3 rings (SSSR count). The van der Waals surface area contributed by atoms with Crippen molar-refractivity contribution >= 4 is 11.5 Å². The van der Waals surface area contributed by atoms with E-state index >= 15 is 0 Å². The maximum absolute atomic E-state index is 14.6. The van der Waals surface area contributed by atoms with Gasteiger partial charge in [0.05, 0.1) is 24.4 Å². The van der Waals surface area contributed by atoms with Crippen LogP contribution in [0, 0.1) is 0 Å². The fourth-order valence-electron chi connectivity index (χ4n) is 3.82. The molecule has 0 aliphatic carbocycles. The lowest BCUT2D eigenvalue weighted by atomic mass is 10.0. The average molecular weight is 396 g/mol. The van der Waals surface area contributed by atoms with Crippen molar-refractivity contribution in [2.45, 2.75) is 50.5 Å². The van der Waals surface area contributed by atoms with Gasteiger partial charge in [0, 0.05) is 25.7 Å². The van der Waals surface area contributed by atoms with Crippen molar-refractivity contribution in [1.82, 2.24) is 14.5 Å². The summed E-state index contributed by atoms with van der Waals surface area (Å²) < 4.78 is 35.6. The summed E-state index contributed by atoms with van der Waals surface area (Å²) in [5.74, 6) is -3.20. The lowest BCUT2D eigenvalue weighted by Crippen LogP contribution is -2.48. The van der Waals surface area contributed by atoms with E-state index in [2.05, 4.69) is 21.8 Å². The maximum atomic E-state index is 14.6. The van der Waals surface area contributed by atoms with Crippen LogP contribution in [0.25, 0.3) is 0 Å². The molecule has 1 saturated heterocycles. The van der Waals surface area contributed by atoms with E-state index in [1.54, 1.807) is 6.08 Å². The first-order valence-corrected chi connectivity index (χ1v) is 9.40. The topological polar surface area (TPSA) is 112 Å². The fourth-order valence-corrected chi connectivity index (χ4v) is 3.82. The number of hydrogen-bond acceptors (Lipinski definition) is 7. The molecule has 28 heavy (non-hydrogen) atoms. The highest BCUT2D eigenvalue weighted by Crippen LogP contribution is 2.42. The predicted octanol–water partition coefficient (Wildman–Crippen LogP) is 1.15. The number of halogens is 2. The molecule has 2 aliphatic rings. The second-order valence-corrected chi connectivity index (χ2v) is 7.08. The molecular weight excluding hydrogens is 370 g/mol. The standard InChI is InChI=1S/C18H26F2N6O2/c1-2-3-14-13(4-6-21)23-7-9-25(14)11-12-10-18(19,20)16(28-12)26-8-5-15(22)24-17(26)27/h4-6,8,12,14,16H,2-3,7,9-11,21H2,1H3,(H2,22,24,27)/t12-,14?,16+/m0/s1. The lowest BCUT2D eigenvalue weighted by molar-refractivity contribution is -0.119. The monoisotopic (exact) mass is 396 g/mol. The van der Waals surface area contributed by atoms with Gasteiger partial charge in [-0.25, -0.2) is 13.6 Å². The molecule has 0 saturated carbocycles. The quantitative estimate of drug-likeness (QED) is 0.746. The van der Waals surface area contributed by atoms with Crippen LogP contribution in [0.3, 0.4) is 0 Å². The minimum Gasteiger partial charge on any atom is -0.405 e. The first-order chi connectivity index (χ1) is 13.4. The number of anilines is 1. The van der Waals surface area contributed by atoms with Gasteiger partial charge in [0.15, 0.2) is 0 Å². The highest BCUT2D eigenvalue weighted by Gasteiger charge is 2.52. The second-order valence-electron chi connectivity index (χ2n) is 7.08. The van der Waals surface area contributed by atoms with Crippen LogP contribution in [-0.2, 0) is 4.74 Å². The molecule has 154 valence electrons. The number of hydrogen-bond donors (Lipinski definition) is 2. The third-order valence-corrected chi connectivity index (χ3v) is 5.02. The number of nitrogens with zero attached hydrogens (tertiary/aromatic N) is 4. The number of ether oxygens (including phenoxy) is 1. The Hall–Kier alpha value is -2.33. The van der Waals surface area contributed by atoms with Crippen LogP contribution in [0.4, 0.5) is 14.6 Å². The van der Waals surface area contributed by atoms with Gasteiger partial charge in [0.25, 0.3) is 5.92 Å². The largest absolute Gasteiger partial charge is 0.405 e. The van der Waals surface area contributed by atoms with Gasteiger partial charge in [-0.15, -0.1) is 0 Å². The molecule has 0 bridgehead atoms. The van der Waals surface area contributed by atoms with Crippen molar-refractivity contribution in [3.63, 3.8) is 0 Å². The maximum Gasteiger partial charge on any atom is 0.351 e. The zero-order valence-electron chi connectivity index (χ0n) is 15.8. The normalized spacial score (nSPS) is 28.0. The summed E-state index contributed by atoms with van der Waals surface area (Å²) in [6.45, 7) is 3.62. The molecule has 3 heterocycles. The summed E-state index contributed by atoms with van der Waals surface area (Å²) in [6.07, 6.45) is 3.30. The molecule has 1 aromatic rings. The molecule has 1 unspecified atom stereocenters. The Morgan fingerprint density at radius 1 is 1.46 bits per heavy atom. The van der Waals surface area contributed by atoms with Crippen LogP contribution in [0.5, 0.6) is 0 Å². The van der Waals surface area contributed by atoms with E-state index in [1.807, 2.05) is 0 Å². The predicted molar refractivity (Wildman–Crippen MR) is 102 cm³/mol. The molecule has 0 spiro atoms. The zero-order chi connectivity index (χ0) is 20.3. The number of rotatable bonds is 6. The number of nitrogens with two attached hydrogens (primary N) is 2. The molecule has 4 N–H and O–H groups in total. The summed E-state index contributed by atoms with van der Waals surface area (Å²) in [5, 5.41) is 0. The average Bonchev–Trinajstić information content (AvgIpc) is 2.92. The minimum absolute atomic E-state index is 0.00994. The van der Waals surface area contributed by atoms with Gasteiger partial charge in [-0.3, -0.25) is 14.5 Å². The second kappa shape index (κ2) is 8.36. The molecule has 10 heteroatoms. The SMILES string of the molecule is CCCC1C(C=CN)=NCCN1C[C@@H]1CC(F)(F)[C@H](n2ccc(N)nc2=O)O1. The lowest BCUT2D eigenvalue weighted by Gasteiger charge is -2.36. The van der Waals surface area contributed by atoms with Crippen LogP contribution in [0.15, 0.2) is 34.3 Å². The summed E-state index contributed by atoms with van der Waals surface area (Å²) in [7, 11) is 0. The van der Waals surface area contributed by atoms with Crippen LogP contribution >= 0.6 is 0 Å². The van der Waals surface area contributed by atoms with Gasteiger partial charge in [-0.05, 0) is 24.8 Å². The van der Waals surface area contributed by atoms with Gasteiger partial charge < -0.3 is 16.2 Å². The van der Waals surface area contributed by atoms with E-state index in [0.29, 0.717) is 19.6 Å². The molecular formula is C18H26F2N6O2. The highest BCUT2D eigenvalue weighted by atomic mass is 19.3. The molecule has 8 nitrogen and oxygen atoms in total. The van der Waals surface area contributed by atoms with Crippen LogP contribution in [-0.4, -0.2) is 57.9 Å². The van der Waals surface area contributed by atoms with Crippen LogP contribution in [0.2, 0.25) is 0 Å². The first-order valence-electron chi connectivity index (χ1n) is 9.40. The summed E-state index contributed by atoms with van der Waals surface area (Å²) in [4.78, 5) is 22.1. The summed E-state index contributed by atoms with van der Waals surface area (Å²) >= 11 is 0. The molecule has 3 atom stereocenters. The first kappa shape index (κ1) is 20.4. The zero-order valence-corrected chi connectivity index (χ0v) is 15.8. The summed E-state index contributed by atoms with van der Waals surface area (Å²) in [6, 6.07) is 1.31. The van der Waals surface area contributed by atoms with E-state index in [4.69, 9.17) is 16.2 Å². The number of aliphatic imine (C=N–C) groups is 1. The van der Waals surface area contributed by atoms with E-state index in [9.17, 15) is 13.6 Å². The molecule has 2 aliphatic heterocycles. The van der Waals surface area contributed by atoms with Crippen LogP contribution in [0.1, 0.15) is 32.4 Å². The molecule has 1 aromatic heterocycles. The minimum atomic E-state index is -3.18. The van der Waals surface area contributed by atoms with Crippen LogP contribution < -0.4 is 17.2 Å². The van der Waals surface area contributed by atoms with E-state index in [-0.39, 0.29) is 11.9 Å². The van der Waals surface area contributed by atoms with Crippen molar-refractivity contribution in [1.29, 1.82) is 0 Å². The fraction of sp³-hybridized carbons (Fsp3) is 0.611. The Morgan fingerprint density at radius 3 is 2.93 bits per heavy atom. The molecule has 0 amide bonds. The van der Waals surface area contributed by atoms with Crippen molar-refractivity contribution in [3.05, 3.63) is 35.0 Å². The third-order valence-electron chi connectivity index (χ3n) is 5.02. The Labute approximate surface area is 161 Å². The Balaban J connectivity index is 1.76. The molecule has 1 fully saturated rings. The van der Waals surface area contributed by atoms with Gasteiger partial charge >= 0.3 is 5.69 Å². The Kier molecular flexibility index (Phi) is 6.09. The van der Waals surface area contributed by atoms with Gasteiger partial charge in [0.2, 0.25) is 6.23 Å². The molecule has 0 radical (unpaired) electrons. The van der Waals surface area contributed by atoms with Crippen molar-refractivity contribution in [2.24, 2.45) is 10.7 Å². The molecule has 0 aromatic carbocycles. The Bertz CT molecular complexity index is 810. The smallest absolute Gasteiger partial charge is 0.351 e. The third kappa shape index (κ3) is 4.22. The Morgan fingerprint density at radius 2 is 2.25 bits per heavy atom. The van der Waals surface area contributed by atoms with Crippen molar-refractivity contribution in [3.8, 4) is 0 Å². The van der Waals surface area contributed by atoms with E-state index in [1.165, 1.54) is 18.5 Å². The van der Waals surface area contributed by atoms with Crippen molar-refractivity contribution in [2.75, 3.05) is 25.4 Å². The van der Waals surface area contributed by atoms with Gasteiger partial charge in [-0.2, -0.15) is 4.98 Å². The van der Waals surface area contributed by atoms with Crippen molar-refractivity contribution < 1.29 is 13.5 Å². The van der Waals surface area contributed by atoms with Gasteiger partial charge in [-0.1, -0.05) is 13.3 Å². The number of nitrogen functional groups attached to an aromatic ring is 1. The number of aromatic nitrogens is 2. The number of alkyl halides is 2. The highest BCUT2D eigenvalue weighted by molar-refractivity contribution is 5.99. The summed E-state index contributed by atoms with van der Waals surface area (Å²) in [5.41, 5.74) is 11.0. The van der Waals surface area contributed by atoms with Gasteiger partial charge in [0.1, 0.15) is 5.82 Å².